The van der Waals surface area contributed by atoms with Crippen molar-refractivity contribution in [1.82, 2.24) is 0 Å². The number of rotatable bonds is 15. The molecule has 0 rings (SSSR count). The average Bonchev–Trinajstić information content (AvgIpc) is 2.50. The van der Waals surface area contributed by atoms with E-state index in [1.54, 1.807) is 0 Å². The highest BCUT2D eigenvalue weighted by Gasteiger charge is 1.92. The number of hydrogen-bond acceptors (Lipinski definition) is 1. The maximum atomic E-state index is 8.50. The molecule has 0 amide bonds. The summed E-state index contributed by atoms with van der Waals surface area (Å²) in [6.45, 7) is 2.18. The molecule has 0 aromatic heterocycles. The van der Waals surface area contributed by atoms with Gasteiger partial charge in [-0.1, -0.05) is 82.2 Å². The third-order valence-corrected chi connectivity index (χ3v) is 3.69. The molecule has 0 radical (unpaired) electrons. The van der Waals surface area contributed by atoms with Crippen LogP contribution in [0.15, 0.2) is 36.6 Å². The van der Waals surface area contributed by atoms with Crippen molar-refractivity contribution in [1.29, 1.82) is 0 Å². The molecule has 122 valence electrons. The van der Waals surface area contributed by atoms with Crippen LogP contribution in [-0.4, -0.2) is 5.11 Å². The Morgan fingerprint density at radius 2 is 1.05 bits per heavy atom. The number of aliphatic hydroxyl groups is 1. The standard InChI is InChI=1S/C20H36O/c1-2-3-4-5-6-7-8-9-10-11-12-13-14-15-16-17-18-19-20-21/h3-4,6-7,19-21H,2,5,8-18H2,1H3. The summed E-state index contributed by atoms with van der Waals surface area (Å²) in [6, 6.07) is 0. The lowest BCUT2D eigenvalue weighted by molar-refractivity contribution is 0.469. The van der Waals surface area contributed by atoms with Crippen molar-refractivity contribution in [3.8, 4) is 0 Å². The molecule has 0 aliphatic carbocycles. The Kier molecular flexibility index (Phi) is 18.1. The Morgan fingerprint density at radius 1 is 0.571 bits per heavy atom. The number of unbranched alkanes of at least 4 members (excludes halogenated alkanes) is 10. The van der Waals surface area contributed by atoms with Crippen LogP contribution in [0.3, 0.4) is 0 Å². The monoisotopic (exact) mass is 292 g/mol. The first-order valence-electron chi connectivity index (χ1n) is 9.01. The fraction of sp³-hybridized carbons (Fsp3) is 0.700. The van der Waals surface area contributed by atoms with Crippen LogP contribution in [0.5, 0.6) is 0 Å². The van der Waals surface area contributed by atoms with E-state index >= 15 is 0 Å². The molecular weight excluding hydrogens is 256 g/mol. The summed E-state index contributed by atoms with van der Waals surface area (Å²) < 4.78 is 0. The molecule has 0 unspecified atom stereocenters. The van der Waals surface area contributed by atoms with Gasteiger partial charge in [-0.05, 0) is 38.5 Å². The molecule has 1 nitrogen and oxygen atoms in total. The van der Waals surface area contributed by atoms with E-state index in [0.29, 0.717) is 0 Å². The zero-order chi connectivity index (χ0) is 15.4. The van der Waals surface area contributed by atoms with Gasteiger partial charge in [0.2, 0.25) is 0 Å². The minimum atomic E-state index is 1.03. The second-order valence-electron chi connectivity index (χ2n) is 5.73. The Morgan fingerprint density at radius 3 is 1.57 bits per heavy atom. The van der Waals surface area contributed by atoms with E-state index in [4.69, 9.17) is 5.11 Å². The molecule has 0 saturated carbocycles. The van der Waals surface area contributed by atoms with Crippen LogP contribution < -0.4 is 0 Å². The second kappa shape index (κ2) is 19.0. The Hall–Kier alpha value is -0.980. The van der Waals surface area contributed by atoms with E-state index in [1.807, 2.05) is 6.08 Å². The van der Waals surface area contributed by atoms with Crippen LogP contribution in [0.1, 0.15) is 90.4 Å². The highest BCUT2D eigenvalue weighted by molar-refractivity contribution is 4.92. The van der Waals surface area contributed by atoms with E-state index < -0.39 is 0 Å². The van der Waals surface area contributed by atoms with Crippen molar-refractivity contribution in [3.63, 3.8) is 0 Å². The predicted molar refractivity (Wildman–Crippen MR) is 95.7 cm³/mol. The SMILES string of the molecule is CCC=CCC=CCCCCCCCCCCCC=CO. The number of aliphatic hydroxyl groups excluding tert-OH is 1. The largest absolute Gasteiger partial charge is 0.516 e. The van der Waals surface area contributed by atoms with Crippen LogP contribution in [0.4, 0.5) is 0 Å². The second-order valence-corrected chi connectivity index (χ2v) is 5.73. The van der Waals surface area contributed by atoms with Crippen LogP contribution in [0.25, 0.3) is 0 Å². The van der Waals surface area contributed by atoms with E-state index in [2.05, 4.69) is 31.2 Å². The lowest BCUT2D eigenvalue weighted by Gasteiger charge is -2.01. The van der Waals surface area contributed by atoms with Gasteiger partial charge < -0.3 is 5.11 Å². The van der Waals surface area contributed by atoms with E-state index in [-0.39, 0.29) is 0 Å². The van der Waals surface area contributed by atoms with Gasteiger partial charge in [0.25, 0.3) is 0 Å². The predicted octanol–water partition coefficient (Wildman–Crippen LogP) is 7.26. The van der Waals surface area contributed by atoms with Crippen LogP contribution in [0.2, 0.25) is 0 Å². The zero-order valence-electron chi connectivity index (χ0n) is 14.1. The molecule has 21 heavy (non-hydrogen) atoms. The van der Waals surface area contributed by atoms with Gasteiger partial charge in [-0.15, -0.1) is 0 Å². The van der Waals surface area contributed by atoms with Crippen molar-refractivity contribution in [2.75, 3.05) is 0 Å². The smallest absolute Gasteiger partial charge is 0.0751 e. The highest BCUT2D eigenvalue weighted by atomic mass is 16.2. The number of hydrogen-bond donors (Lipinski definition) is 1. The minimum Gasteiger partial charge on any atom is -0.516 e. The third kappa shape index (κ3) is 19.0. The first-order chi connectivity index (χ1) is 10.4. The maximum Gasteiger partial charge on any atom is 0.0751 e. The molecule has 0 spiro atoms. The average molecular weight is 293 g/mol. The van der Waals surface area contributed by atoms with Gasteiger partial charge in [0.1, 0.15) is 0 Å². The van der Waals surface area contributed by atoms with E-state index in [0.717, 1.165) is 25.5 Å². The molecule has 0 aromatic rings. The molecule has 0 aliphatic rings. The summed E-state index contributed by atoms with van der Waals surface area (Å²) in [5.41, 5.74) is 0. The fourth-order valence-electron chi connectivity index (χ4n) is 2.39. The Bertz CT molecular complexity index is 263. The molecule has 0 heterocycles. The number of allylic oxidation sites excluding steroid dienone is 5. The molecule has 0 atom stereocenters. The van der Waals surface area contributed by atoms with Gasteiger partial charge in [-0.3, -0.25) is 0 Å². The summed E-state index contributed by atoms with van der Waals surface area (Å²) in [5, 5.41) is 8.50. The summed E-state index contributed by atoms with van der Waals surface area (Å²) >= 11 is 0. The lowest BCUT2D eigenvalue weighted by Crippen LogP contribution is -1.81. The van der Waals surface area contributed by atoms with Gasteiger partial charge in [0, 0.05) is 0 Å². The molecule has 0 aromatic carbocycles. The first-order valence-corrected chi connectivity index (χ1v) is 9.01. The molecule has 1 heteroatoms. The van der Waals surface area contributed by atoms with Crippen molar-refractivity contribution in [3.05, 3.63) is 36.6 Å². The van der Waals surface area contributed by atoms with Crippen LogP contribution in [0, 0.1) is 0 Å². The maximum absolute atomic E-state index is 8.50. The van der Waals surface area contributed by atoms with Crippen LogP contribution in [-0.2, 0) is 0 Å². The topological polar surface area (TPSA) is 20.2 Å². The molecule has 0 bridgehead atoms. The molecule has 0 aliphatic heterocycles. The normalized spacial score (nSPS) is 12.2. The summed E-state index contributed by atoms with van der Waals surface area (Å²) in [4.78, 5) is 0. The summed E-state index contributed by atoms with van der Waals surface area (Å²) in [7, 11) is 0. The third-order valence-electron chi connectivity index (χ3n) is 3.69. The first kappa shape index (κ1) is 20.0. The lowest BCUT2D eigenvalue weighted by atomic mass is 10.1. The zero-order valence-corrected chi connectivity index (χ0v) is 14.1. The van der Waals surface area contributed by atoms with Gasteiger partial charge >= 0.3 is 0 Å². The van der Waals surface area contributed by atoms with E-state index in [9.17, 15) is 0 Å². The highest BCUT2D eigenvalue weighted by Crippen LogP contribution is 2.11. The summed E-state index contributed by atoms with van der Waals surface area (Å²) in [5.74, 6) is 0. The van der Waals surface area contributed by atoms with Crippen molar-refractivity contribution in [2.24, 2.45) is 0 Å². The Balaban J connectivity index is 3.07. The quantitative estimate of drug-likeness (QED) is 0.191. The van der Waals surface area contributed by atoms with Gasteiger partial charge in [-0.2, -0.15) is 0 Å². The fourth-order valence-corrected chi connectivity index (χ4v) is 2.39. The van der Waals surface area contributed by atoms with E-state index in [1.165, 1.54) is 64.2 Å². The molecule has 1 N–H and O–H groups in total. The molecular formula is C20H36O. The van der Waals surface area contributed by atoms with Crippen molar-refractivity contribution >= 4 is 0 Å². The van der Waals surface area contributed by atoms with Gasteiger partial charge in [0.05, 0.1) is 6.26 Å². The molecule has 0 fully saturated rings. The van der Waals surface area contributed by atoms with Gasteiger partial charge in [-0.25, -0.2) is 0 Å². The van der Waals surface area contributed by atoms with Crippen LogP contribution >= 0.6 is 0 Å². The molecule has 0 saturated heterocycles. The van der Waals surface area contributed by atoms with Crippen molar-refractivity contribution in [2.45, 2.75) is 90.4 Å². The minimum absolute atomic E-state index is 1.03. The summed E-state index contributed by atoms with van der Waals surface area (Å²) in [6.07, 6.45) is 28.8. The van der Waals surface area contributed by atoms with Crippen molar-refractivity contribution < 1.29 is 5.11 Å². The Labute approximate surface area is 132 Å². The van der Waals surface area contributed by atoms with Gasteiger partial charge in [0.15, 0.2) is 0 Å².